The fourth-order valence-corrected chi connectivity index (χ4v) is 6.68. The smallest absolute Gasteiger partial charge is 0.305 e. The first-order chi connectivity index (χ1) is 10.7. The average Bonchev–Trinajstić information content (AvgIpc) is 2.34. The summed E-state index contributed by atoms with van der Waals surface area (Å²) in [5, 5.41) is 0. The van der Waals surface area contributed by atoms with Crippen LogP contribution in [-0.2, 0) is 38.1 Å². The summed E-state index contributed by atoms with van der Waals surface area (Å²) < 4.78 is 19.7. The summed E-state index contributed by atoms with van der Waals surface area (Å²) in [6.45, 7) is 5.04. The highest BCUT2D eigenvalue weighted by Gasteiger charge is 2.17. The lowest BCUT2D eigenvalue weighted by atomic mass is 10.7. The van der Waals surface area contributed by atoms with E-state index in [0.717, 1.165) is 5.67 Å². The van der Waals surface area contributed by atoms with Crippen molar-refractivity contribution in [2.45, 2.75) is 58.0 Å². The lowest BCUT2D eigenvalue weighted by Crippen LogP contribution is -2.25. The molecule has 0 aliphatic heterocycles. The van der Waals surface area contributed by atoms with Gasteiger partial charge in [0.25, 0.3) is 0 Å². The molecule has 0 aromatic carbocycles. The maximum absolute atomic E-state index is 10.9. The van der Waals surface area contributed by atoms with E-state index >= 15 is 0 Å². The van der Waals surface area contributed by atoms with Gasteiger partial charge in [0.15, 0.2) is 0 Å². The summed E-state index contributed by atoms with van der Waals surface area (Å²) in [6.07, 6.45) is -1.63. The molecule has 0 amide bonds. The number of esters is 4. The fourth-order valence-electron chi connectivity index (χ4n) is 1.82. The molecule has 132 valence electrons. The zero-order valence-electron chi connectivity index (χ0n) is 14.0. The molecule has 0 unspecified atom stereocenters. The molecule has 0 radical (unpaired) electrons. The standard InChI is InChI=1S/C13H24O8Si2/c1-8(14)18-12(19-9(2)15)5-22-7-23-6-13(20-10(3)16)21-11(4)17/h12-13H,5-7,22-23H2,1-4H3. The third kappa shape index (κ3) is 13.7. The van der Waals surface area contributed by atoms with E-state index in [-0.39, 0.29) is 0 Å². The van der Waals surface area contributed by atoms with Crippen molar-refractivity contribution in [1.29, 1.82) is 0 Å². The number of carbonyl (C=O) groups is 4. The number of hydrogen-bond donors (Lipinski definition) is 0. The molecule has 0 saturated heterocycles. The van der Waals surface area contributed by atoms with Gasteiger partial charge in [-0.15, -0.1) is 0 Å². The fraction of sp³-hybridized carbons (Fsp3) is 0.692. The molecule has 0 bridgehead atoms. The highest BCUT2D eigenvalue weighted by Crippen LogP contribution is 2.07. The first-order valence-corrected chi connectivity index (χ1v) is 11.4. The van der Waals surface area contributed by atoms with Gasteiger partial charge in [0.05, 0.1) is 0 Å². The summed E-state index contributed by atoms with van der Waals surface area (Å²) in [7, 11) is -1.19. The highest BCUT2D eigenvalue weighted by atomic mass is 28.3. The second-order valence-electron chi connectivity index (χ2n) is 4.93. The zero-order valence-corrected chi connectivity index (χ0v) is 16.8. The van der Waals surface area contributed by atoms with Gasteiger partial charge in [0, 0.05) is 58.8 Å². The normalized spacial score (nSPS) is 11.4. The van der Waals surface area contributed by atoms with Crippen LogP contribution in [0.2, 0.25) is 17.8 Å². The van der Waals surface area contributed by atoms with Gasteiger partial charge in [0.1, 0.15) is 0 Å². The SMILES string of the molecule is CC(=O)OC(C[SiH2]C[SiH2]CC(OC(C)=O)OC(C)=O)OC(C)=O. The Morgan fingerprint density at radius 2 is 0.913 bits per heavy atom. The largest absolute Gasteiger partial charge is 0.426 e. The van der Waals surface area contributed by atoms with Gasteiger partial charge in [-0.1, -0.05) is 5.67 Å². The van der Waals surface area contributed by atoms with Gasteiger partial charge < -0.3 is 18.9 Å². The Hall–Kier alpha value is -1.69. The summed E-state index contributed by atoms with van der Waals surface area (Å²) in [5.41, 5.74) is 0.970. The number of rotatable bonds is 10. The molecule has 0 atom stereocenters. The van der Waals surface area contributed by atoms with Gasteiger partial charge in [-0.25, -0.2) is 0 Å². The minimum absolute atomic E-state index is 0.493. The van der Waals surface area contributed by atoms with E-state index in [1.54, 1.807) is 0 Å². The van der Waals surface area contributed by atoms with Crippen molar-refractivity contribution in [3.05, 3.63) is 0 Å². The molecule has 0 heterocycles. The molecule has 0 N–H and O–H groups in total. The van der Waals surface area contributed by atoms with Gasteiger partial charge in [0.2, 0.25) is 12.6 Å². The summed E-state index contributed by atoms with van der Waals surface area (Å²) >= 11 is 0. The predicted octanol–water partition coefficient (Wildman–Crippen LogP) is -0.559. The van der Waals surface area contributed by atoms with Crippen LogP contribution in [0.4, 0.5) is 0 Å². The van der Waals surface area contributed by atoms with Crippen LogP contribution in [-0.4, -0.2) is 55.5 Å². The Morgan fingerprint density at radius 1 is 0.652 bits per heavy atom. The minimum atomic E-state index is -0.816. The molecule has 0 aromatic heterocycles. The van der Waals surface area contributed by atoms with Crippen LogP contribution >= 0.6 is 0 Å². The average molecular weight is 364 g/mol. The predicted molar refractivity (Wildman–Crippen MR) is 86.1 cm³/mol. The molecule has 0 spiro atoms. The van der Waals surface area contributed by atoms with E-state index in [9.17, 15) is 19.2 Å². The van der Waals surface area contributed by atoms with Crippen LogP contribution in [0.5, 0.6) is 0 Å². The second kappa shape index (κ2) is 11.8. The van der Waals surface area contributed by atoms with Crippen LogP contribution in [0, 0.1) is 0 Å². The van der Waals surface area contributed by atoms with E-state index in [4.69, 9.17) is 18.9 Å². The molecule has 0 rings (SSSR count). The lowest BCUT2D eigenvalue weighted by Gasteiger charge is -2.17. The van der Waals surface area contributed by atoms with Crippen LogP contribution in [0.3, 0.4) is 0 Å². The summed E-state index contributed by atoms with van der Waals surface area (Å²) in [6, 6.07) is 1.08. The van der Waals surface area contributed by atoms with Gasteiger partial charge in [-0.05, 0) is 0 Å². The topological polar surface area (TPSA) is 105 Å². The van der Waals surface area contributed by atoms with Crippen molar-refractivity contribution in [2.24, 2.45) is 0 Å². The van der Waals surface area contributed by atoms with Crippen molar-refractivity contribution in [1.82, 2.24) is 0 Å². The van der Waals surface area contributed by atoms with E-state index in [1.807, 2.05) is 0 Å². The quantitative estimate of drug-likeness (QED) is 0.220. The number of carbonyl (C=O) groups excluding carboxylic acids is 4. The molecule has 8 nitrogen and oxygen atoms in total. The van der Waals surface area contributed by atoms with Crippen molar-refractivity contribution in [3.8, 4) is 0 Å². The zero-order chi connectivity index (χ0) is 17.8. The van der Waals surface area contributed by atoms with Gasteiger partial charge in [-0.3, -0.25) is 19.2 Å². The van der Waals surface area contributed by atoms with Crippen LogP contribution < -0.4 is 0 Å². The third-order valence-corrected chi connectivity index (χ3v) is 8.33. The Morgan fingerprint density at radius 3 is 1.13 bits per heavy atom. The minimum Gasteiger partial charge on any atom is -0.426 e. The van der Waals surface area contributed by atoms with E-state index < -0.39 is 55.5 Å². The molecular weight excluding hydrogens is 340 g/mol. The highest BCUT2D eigenvalue weighted by molar-refractivity contribution is 6.56. The van der Waals surface area contributed by atoms with E-state index in [0.29, 0.717) is 12.1 Å². The Balaban J connectivity index is 4.09. The molecule has 0 aliphatic carbocycles. The Kier molecular flexibility index (Phi) is 11.0. The molecule has 10 heteroatoms. The third-order valence-electron chi connectivity index (χ3n) is 2.57. The van der Waals surface area contributed by atoms with Crippen molar-refractivity contribution >= 4 is 42.9 Å². The first-order valence-electron chi connectivity index (χ1n) is 7.39. The van der Waals surface area contributed by atoms with E-state index in [2.05, 4.69) is 0 Å². The second-order valence-corrected chi connectivity index (χ2v) is 10.3. The Labute approximate surface area is 139 Å². The van der Waals surface area contributed by atoms with Crippen molar-refractivity contribution in [3.63, 3.8) is 0 Å². The molecule has 23 heavy (non-hydrogen) atoms. The molecule has 0 saturated carbocycles. The molecule has 0 aliphatic rings. The lowest BCUT2D eigenvalue weighted by molar-refractivity contribution is -0.183. The number of ether oxygens (including phenoxy) is 4. The Bertz CT molecular complexity index is 356. The maximum atomic E-state index is 10.9. The van der Waals surface area contributed by atoms with E-state index in [1.165, 1.54) is 27.7 Å². The number of hydrogen-bond acceptors (Lipinski definition) is 8. The summed E-state index contributed by atoms with van der Waals surface area (Å²) in [5.74, 6) is -1.97. The van der Waals surface area contributed by atoms with Gasteiger partial charge in [-0.2, -0.15) is 0 Å². The molecule has 0 aromatic rings. The first kappa shape index (κ1) is 21.3. The molecule has 0 fully saturated rings. The summed E-state index contributed by atoms with van der Waals surface area (Å²) in [4.78, 5) is 43.7. The van der Waals surface area contributed by atoms with Crippen molar-refractivity contribution in [2.75, 3.05) is 0 Å². The van der Waals surface area contributed by atoms with Crippen LogP contribution in [0.15, 0.2) is 0 Å². The monoisotopic (exact) mass is 364 g/mol. The van der Waals surface area contributed by atoms with Crippen LogP contribution in [0.25, 0.3) is 0 Å². The van der Waals surface area contributed by atoms with Crippen molar-refractivity contribution < 1.29 is 38.1 Å². The van der Waals surface area contributed by atoms with Crippen LogP contribution in [0.1, 0.15) is 27.7 Å². The van der Waals surface area contributed by atoms with Gasteiger partial charge >= 0.3 is 23.9 Å². The molecular formula is C13H24O8Si2. The maximum Gasteiger partial charge on any atom is 0.305 e.